The highest BCUT2D eigenvalue weighted by Crippen LogP contribution is 2.52. The highest BCUT2D eigenvalue weighted by molar-refractivity contribution is 7.51. The number of benzene rings is 1. The van der Waals surface area contributed by atoms with Gasteiger partial charge in [-0.25, -0.2) is 4.57 Å². The number of hydrogen-bond acceptors (Lipinski definition) is 5. The molecule has 0 unspecified atom stereocenters. The van der Waals surface area contributed by atoms with Crippen LogP contribution in [0.4, 0.5) is 0 Å². The molecule has 1 aromatic carbocycles. The normalized spacial score (nSPS) is 22.0. The number of ether oxygens (including phenoxy) is 2. The van der Waals surface area contributed by atoms with E-state index in [0.717, 1.165) is 0 Å². The van der Waals surface area contributed by atoms with Crippen molar-refractivity contribution in [3.05, 3.63) is 30.3 Å². The maximum absolute atomic E-state index is 13.4. The fourth-order valence-electron chi connectivity index (χ4n) is 2.35. The number of halogens is 2. The van der Waals surface area contributed by atoms with Gasteiger partial charge in [0.15, 0.2) is 5.79 Å². The van der Waals surface area contributed by atoms with Gasteiger partial charge in [0.1, 0.15) is 11.9 Å². The van der Waals surface area contributed by atoms with E-state index in [1.165, 1.54) is 0 Å². The van der Waals surface area contributed by atoms with E-state index in [0.29, 0.717) is 25.4 Å². The third kappa shape index (κ3) is 6.40. The van der Waals surface area contributed by atoms with Gasteiger partial charge in [-0.05, 0) is 26.0 Å². The fourth-order valence-corrected chi connectivity index (χ4v) is 4.76. The van der Waals surface area contributed by atoms with Crippen molar-refractivity contribution < 1.29 is 23.1 Å². The van der Waals surface area contributed by atoms with E-state index in [4.69, 9.17) is 41.7 Å². The predicted octanol–water partition coefficient (Wildman–Crippen LogP) is 4.12. The second kappa shape index (κ2) is 9.56. The van der Waals surface area contributed by atoms with Crippen LogP contribution in [0.1, 0.15) is 13.8 Å². The first-order valence-electron chi connectivity index (χ1n) is 8.07. The lowest BCUT2D eigenvalue weighted by molar-refractivity contribution is -0.141. The Morgan fingerprint density at radius 3 is 2.40 bits per heavy atom. The van der Waals surface area contributed by atoms with Crippen LogP contribution in [0.2, 0.25) is 0 Å². The molecule has 0 bridgehead atoms. The summed E-state index contributed by atoms with van der Waals surface area (Å²) in [6.07, 6.45) is -0.323. The monoisotopic (exact) mass is 411 g/mol. The van der Waals surface area contributed by atoms with Crippen molar-refractivity contribution >= 4 is 30.9 Å². The van der Waals surface area contributed by atoms with Crippen LogP contribution < -0.4 is 4.52 Å². The van der Waals surface area contributed by atoms with Crippen molar-refractivity contribution in [3.63, 3.8) is 0 Å². The molecule has 0 aliphatic carbocycles. The van der Waals surface area contributed by atoms with Crippen molar-refractivity contribution in [2.45, 2.75) is 25.7 Å². The molecular formula is C16H24Cl2NO5P. The molecule has 9 heteroatoms. The zero-order valence-corrected chi connectivity index (χ0v) is 16.8. The second-order valence-electron chi connectivity index (χ2n) is 5.95. The minimum Gasteiger partial charge on any atom is -0.413 e. The molecule has 1 aliphatic heterocycles. The lowest BCUT2D eigenvalue weighted by Gasteiger charge is -2.30. The largest absolute Gasteiger partial charge is 0.461 e. The average Bonchev–Trinajstić information content (AvgIpc) is 2.93. The molecule has 1 aromatic rings. The zero-order chi connectivity index (χ0) is 18.3. The minimum absolute atomic E-state index is 0.0780. The van der Waals surface area contributed by atoms with Crippen LogP contribution >= 0.6 is 30.9 Å². The molecule has 142 valence electrons. The van der Waals surface area contributed by atoms with Gasteiger partial charge >= 0.3 is 7.75 Å². The Kier molecular flexibility index (Phi) is 8.02. The Morgan fingerprint density at radius 1 is 1.24 bits per heavy atom. The number of para-hydroxylation sites is 1. The summed E-state index contributed by atoms with van der Waals surface area (Å²) in [6.45, 7) is 4.73. The summed E-state index contributed by atoms with van der Waals surface area (Å²) in [7, 11) is -3.65. The van der Waals surface area contributed by atoms with Crippen LogP contribution in [0, 0.1) is 0 Å². The molecule has 2 atom stereocenters. The van der Waals surface area contributed by atoms with E-state index in [1.54, 1.807) is 28.9 Å². The molecule has 1 saturated heterocycles. The maximum atomic E-state index is 13.4. The first-order valence-corrected chi connectivity index (χ1v) is 10.6. The summed E-state index contributed by atoms with van der Waals surface area (Å²) in [5, 5.41) is 0. The Labute approximate surface area is 158 Å². The predicted molar refractivity (Wildman–Crippen MR) is 98.5 cm³/mol. The molecule has 0 saturated carbocycles. The molecule has 0 N–H and O–H groups in total. The topological polar surface area (TPSA) is 57.2 Å². The Morgan fingerprint density at radius 2 is 1.88 bits per heavy atom. The van der Waals surface area contributed by atoms with Crippen molar-refractivity contribution in [1.29, 1.82) is 0 Å². The second-order valence-corrected chi connectivity index (χ2v) is 8.65. The zero-order valence-electron chi connectivity index (χ0n) is 14.4. The summed E-state index contributed by atoms with van der Waals surface area (Å²) >= 11 is 11.7. The molecular weight excluding hydrogens is 388 g/mol. The van der Waals surface area contributed by atoms with Crippen molar-refractivity contribution in [3.8, 4) is 5.75 Å². The lowest BCUT2D eigenvalue weighted by Crippen LogP contribution is -2.31. The summed E-state index contributed by atoms with van der Waals surface area (Å²) in [6, 6.07) is 8.87. The van der Waals surface area contributed by atoms with Gasteiger partial charge in [0.25, 0.3) is 0 Å². The smallest absolute Gasteiger partial charge is 0.413 e. The van der Waals surface area contributed by atoms with Crippen molar-refractivity contribution in [1.82, 2.24) is 4.67 Å². The van der Waals surface area contributed by atoms with E-state index in [-0.39, 0.29) is 24.5 Å². The molecule has 1 fully saturated rings. The summed E-state index contributed by atoms with van der Waals surface area (Å²) in [5.74, 6) is 0.324. The van der Waals surface area contributed by atoms with Gasteiger partial charge in [0.05, 0.1) is 13.2 Å². The Balaban J connectivity index is 2.11. The molecule has 1 aliphatic rings. The molecule has 0 spiro atoms. The van der Waals surface area contributed by atoms with Crippen LogP contribution in [0.5, 0.6) is 5.75 Å². The molecule has 25 heavy (non-hydrogen) atoms. The van der Waals surface area contributed by atoms with Gasteiger partial charge in [-0.2, -0.15) is 4.67 Å². The number of hydrogen-bond donors (Lipinski definition) is 0. The highest BCUT2D eigenvalue weighted by atomic mass is 35.5. The van der Waals surface area contributed by atoms with E-state index in [1.807, 2.05) is 19.9 Å². The molecule has 0 aromatic heterocycles. The molecule has 2 rings (SSSR count). The third-order valence-corrected chi connectivity index (χ3v) is 5.83. The standard InChI is InChI=1S/C16H24Cl2NO5P/c1-16(2)21-12-15(23-16)13-22-25(20,19(10-8-17)11-9-18)24-14-6-4-3-5-7-14/h3-7,15H,8-13H2,1-2H3/t15-,25-/m1/s1. The van der Waals surface area contributed by atoms with Crippen LogP contribution in [0.3, 0.4) is 0 Å². The Hall–Kier alpha value is -0.330. The summed E-state index contributed by atoms with van der Waals surface area (Å²) in [4.78, 5) is 0. The number of rotatable bonds is 10. The van der Waals surface area contributed by atoms with Gasteiger partial charge in [-0.1, -0.05) is 18.2 Å². The van der Waals surface area contributed by atoms with E-state index in [9.17, 15) is 4.57 Å². The van der Waals surface area contributed by atoms with Crippen LogP contribution in [-0.4, -0.2) is 54.6 Å². The van der Waals surface area contributed by atoms with Gasteiger partial charge in [-0.3, -0.25) is 4.52 Å². The van der Waals surface area contributed by atoms with Crippen LogP contribution in [0.15, 0.2) is 30.3 Å². The van der Waals surface area contributed by atoms with Gasteiger partial charge in [0, 0.05) is 24.8 Å². The van der Waals surface area contributed by atoms with Gasteiger partial charge in [0.2, 0.25) is 0 Å². The molecule has 1 heterocycles. The number of alkyl halides is 2. The van der Waals surface area contributed by atoms with Crippen LogP contribution in [0.25, 0.3) is 0 Å². The lowest BCUT2D eigenvalue weighted by atomic mass is 10.3. The third-order valence-electron chi connectivity index (χ3n) is 3.49. The molecule has 6 nitrogen and oxygen atoms in total. The minimum atomic E-state index is -3.65. The Bertz CT molecular complexity index is 569. The summed E-state index contributed by atoms with van der Waals surface area (Å²) in [5.41, 5.74) is 0. The first-order chi connectivity index (χ1) is 11.9. The van der Waals surface area contributed by atoms with Gasteiger partial charge < -0.3 is 14.0 Å². The summed E-state index contributed by atoms with van der Waals surface area (Å²) < 4.78 is 37.6. The molecule has 0 radical (unpaired) electrons. The SMILES string of the molecule is CC1(C)OC[C@H](CO[P@@](=O)(Oc2ccccc2)N(CCCl)CCCl)O1. The average molecular weight is 412 g/mol. The first kappa shape index (κ1) is 21.0. The highest BCUT2D eigenvalue weighted by Gasteiger charge is 2.39. The fraction of sp³-hybridized carbons (Fsp3) is 0.625. The van der Waals surface area contributed by atoms with Crippen LogP contribution in [-0.2, 0) is 18.6 Å². The maximum Gasteiger partial charge on any atom is 0.461 e. The van der Waals surface area contributed by atoms with E-state index >= 15 is 0 Å². The number of nitrogens with zero attached hydrogens (tertiary/aromatic N) is 1. The molecule has 0 amide bonds. The quantitative estimate of drug-likeness (QED) is 0.426. The van der Waals surface area contributed by atoms with E-state index in [2.05, 4.69) is 0 Å². The van der Waals surface area contributed by atoms with Crippen molar-refractivity contribution in [2.75, 3.05) is 38.1 Å². The van der Waals surface area contributed by atoms with Gasteiger partial charge in [-0.15, -0.1) is 23.2 Å². The van der Waals surface area contributed by atoms with Crippen molar-refractivity contribution in [2.24, 2.45) is 0 Å². The van der Waals surface area contributed by atoms with E-state index < -0.39 is 13.5 Å².